The van der Waals surface area contributed by atoms with Crippen LogP contribution in [-0.4, -0.2) is 22.5 Å². The van der Waals surface area contributed by atoms with E-state index in [-0.39, 0.29) is 11.5 Å². The van der Waals surface area contributed by atoms with Crippen LogP contribution < -0.4 is 11.1 Å². The van der Waals surface area contributed by atoms with Crippen LogP contribution in [0.5, 0.6) is 0 Å². The summed E-state index contributed by atoms with van der Waals surface area (Å²) in [6, 6.07) is 9.87. The molecule has 0 radical (unpaired) electrons. The van der Waals surface area contributed by atoms with Gasteiger partial charge in [-0.1, -0.05) is 23.9 Å². The Hall–Kier alpha value is -2.51. The largest absolute Gasteiger partial charge is 0.478 e. The summed E-state index contributed by atoms with van der Waals surface area (Å²) in [7, 11) is 0. The number of hydrogen-bond donors (Lipinski definition) is 3. The van der Waals surface area contributed by atoms with E-state index in [9.17, 15) is 9.59 Å². The minimum Gasteiger partial charge on any atom is -0.478 e. The number of carbonyl (C=O) groups excluding carboxylic acids is 1. The normalized spacial score (nSPS) is 19.4. The maximum absolute atomic E-state index is 11.6. The molecule has 1 aliphatic heterocycles. The van der Waals surface area contributed by atoms with Gasteiger partial charge in [-0.15, -0.1) is 0 Å². The first-order chi connectivity index (χ1) is 10.5. The standard InChI is InChI=1S/C15H12N2O4S/c16-15-17-13(18)12(22-15)7-10-5-6-11(21-10)8-1-3-9(4-2-8)14(19)20/h1-7,15H,16H2,(H,17,18)(H,19,20)/b12-7-. The second-order valence-electron chi connectivity index (χ2n) is 4.61. The Bertz CT molecular complexity index is 764. The zero-order chi connectivity index (χ0) is 15.7. The second-order valence-corrected chi connectivity index (χ2v) is 5.79. The average molecular weight is 316 g/mol. The average Bonchev–Trinajstić information content (AvgIpc) is 3.06. The van der Waals surface area contributed by atoms with Crippen molar-refractivity contribution in [3.63, 3.8) is 0 Å². The smallest absolute Gasteiger partial charge is 0.335 e. The number of amides is 1. The Labute approximate surface area is 130 Å². The molecular formula is C15H12N2O4S. The van der Waals surface area contributed by atoms with Gasteiger partial charge in [-0.2, -0.15) is 0 Å². The van der Waals surface area contributed by atoms with Crippen molar-refractivity contribution in [3.05, 3.63) is 52.6 Å². The van der Waals surface area contributed by atoms with Gasteiger partial charge in [-0.05, 0) is 24.3 Å². The van der Waals surface area contributed by atoms with E-state index in [0.717, 1.165) is 5.56 Å². The molecule has 1 atom stereocenters. The number of hydrogen-bond acceptors (Lipinski definition) is 5. The highest BCUT2D eigenvalue weighted by Gasteiger charge is 2.24. The topological polar surface area (TPSA) is 106 Å². The lowest BCUT2D eigenvalue weighted by Crippen LogP contribution is -2.31. The number of carboxylic acid groups (broad SMARTS) is 1. The van der Waals surface area contributed by atoms with E-state index in [1.54, 1.807) is 30.3 Å². The Morgan fingerprint density at radius 1 is 1.27 bits per heavy atom. The number of aromatic carboxylic acids is 1. The van der Waals surface area contributed by atoms with Crippen LogP contribution in [0.4, 0.5) is 0 Å². The summed E-state index contributed by atoms with van der Waals surface area (Å²) >= 11 is 1.23. The third kappa shape index (κ3) is 2.90. The van der Waals surface area contributed by atoms with E-state index in [4.69, 9.17) is 15.3 Å². The molecule has 1 unspecified atom stereocenters. The minimum atomic E-state index is -0.975. The maximum atomic E-state index is 11.6. The van der Waals surface area contributed by atoms with Gasteiger partial charge in [0.1, 0.15) is 17.0 Å². The Balaban J connectivity index is 1.83. The number of furan rings is 1. The number of nitrogens with one attached hydrogen (secondary N) is 1. The van der Waals surface area contributed by atoms with Crippen LogP contribution in [-0.2, 0) is 4.79 Å². The van der Waals surface area contributed by atoms with Crippen LogP contribution in [0.15, 0.2) is 45.7 Å². The molecule has 1 amide bonds. The van der Waals surface area contributed by atoms with Crippen molar-refractivity contribution >= 4 is 29.7 Å². The molecule has 1 aliphatic rings. The summed E-state index contributed by atoms with van der Waals surface area (Å²) in [6.45, 7) is 0. The van der Waals surface area contributed by atoms with Gasteiger partial charge in [0.15, 0.2) is 0 Å². The number of carbonyl (C=O) groups is 2. The van der Waals surface area contributed by atoms with Gasteiger partial charge in [0.05, 0.1) is 10.5 Å². The lowest BCUT2D eigenvalue weighted by molar-refractivity contribution is -0.116. The number of carboxylic acids is 1. The molecule has 2 aromatic rings. The van der Waals surface area contributed by atoms with E-state index in [1.165, 1.54) is 23.9 Å². The van der Waals surface area contributed by atoms with Gasteiger partial charge in [0.2, 0.25) is 0 Å². The number of rotatable bonds is 3. The molecule has 1 saturated heterocycles. The molecule has 0 aliphatic carbocycles. The molecule has 7 heteroatoms. The first kappa shape index (κ1) is 14.4. The van der Waals surface area contributed by atoms with Crippen molar-refractivity contribution < 1.29 is 19.1 Å². The van der Waals surface area contributed by atoms with Gasteiger partial charge in [-0.25, -0.2) is 4.79 Å². The summed E-state index contributed by atoms with van der Waals surface area (Å²) in [4.78, 5) is 22.9. The van der Waals surface area contributed by atoms with E-state index in [2.05, 4.69) is 5.32 Å². The SMILES string of the molecule is NC1NC(=O)/C(=C/c2ccc(-c3ccc(C(=O)O)cc3)o2)S1. The van der Waals surface area contributed by atoms with E-state index in [1.807, 2.05) is 0 Å². The lowest BCUT2D eigenvalue weighted by Gasteiger charge is -1.98. The fourth-order valence-corrected chi connectivity index (χ4v) is 2.80. The molecule has 4 N–H and O–H groups in total. The van der Waals surface area contributed by atoms with Crippen molar-refractivity contribution in [2.45, 2.75) is 5.50 Å². The van der Waals surface area contributed by atoms with Crippen LogP contribution in [0.3, 0.4) is 0 Å². The summed E-state index contributed by atoms with van der Waals surface area (Å²) in [5.41, 5.74) is 6.15. The Kier molecular flexibility index (Phi) is 3.74. The highest BCUT2D eigenvalue weighted by molar-refractivity contribution is 8.05. The lowest BCUT2D eigenvalue weighted by atomic mass is 10.1. The molecule has 2 heterocycles. The van der Waals surface area contributed by atoms with Crippen LogP contribution in [0.1, 0.15) is 16.1 Å². The molecule has 1 aromatic carbocycles. The molecule has 1 fully saturated rings. The van der Waals surface area contributed by atoms with Crippen LogP contribution in [0.25, 0.3) is 17.4 Å². The number of nitrogens with two attached hydrogens (primary N) is 1. The fourth-order valence-electron chi connectivity index (χ4n) is 2.01. The maximum Gasteiger partial charge on any atom is 0.335 e. The van der Waals surface area contributed by atoms with Crippen molar-refractivity contribution in [2.75, 3.05) is 0 Å². The molecule has 112 valence electrons. The first-order valence-electron chi connectivity index (χ1n) is 6.41. The zero-order valence-corrected chi connectivity index (χ0v) is 12.1. The monoisotopic (exact) mass is 316 g/mol. The molecule has 0 spiro atoms. The summed E-state index contributed by atoms with van der Waals surface area (Å²) in [6.07, 6.45) is 1.63. The van der Waals surface area contributed by atoms with Crippen LogP contribution in [0.2, 0.25) is 0 Å². The quantitative estimate of drug-likeness (QED) is 0.749. The van der Waals surface area contributed by atoms with Gasteiger partial charge in [0.25, 0.3) is 5.91 Å². The van der Waals surface area contributed by atoms with Crippen molar-refractivity contribution in [3.8, 4) is 11.3 Å². The molecule has 22 heavy (non-hydrogen) atoms. The third-order valence-electron chi connectivity index (χ3n) is 3.07. The first-order valence-corrected chi connectivity index (χ1v) is 7.29. The molecule has 1 aromatic heterocycles. The van der Waals surface area contributed by atoms with Gasteiger partial charge < -0.3 is 20.6 Å². The van der Waals surface area contributed by atoms with Gasteiger partial charge in [0, 0.05) is 11.6 Å². The van der Waals surface area contributed by atoms with Gasteiger partial charge in [-0.3, -0.25) is 4.79 Å². The minimum absolute atomic E-state index is 0.214. The second kappa shape index (κ2) is 5.70. The summed E-state index contributed by atoms with van der Waals surface area (Å²) in [5, 5.41) is 11.5. The van der Waals surface area contributed by atoms with E-state index < -0.39 is 11.5 Å². The van der Waals surface area contributed by atoms with Crippen molar-refractivity contribution in [1.82, 2.24) is 5.32 Å². The van der Waals surface area contributed by atoms with Crippen molar-refractivity contribution in [2.24, 2.45) is 5.73 Å². The van der Waals surface area contributed by atoms with Gasteiger partial charge >= 0.3 is 5.97 Å². The van der Waals surface area contributed by atoms with Crippen LogP contribution in [0, 0.1) is 0 Å². The Morgan fingerprint density at radius 2 is 2.00 bits per heavy atom. The van der Waals surface area contributed by atoms with Crippen LogP contribution >= 0.6 is 11.8 Å². The van der Waals surface area contributed by atoms with E-state index in [0.29, 0.717) is 16.4 Å². The predicted octanol–water partition coefficient (Wildman–Crippen LogP) is 2.09. The highest BCUT2D eigenvalue weighted by atomic mass is 32.2. The highest BCUT2D eigenvalue weighted by Crippen LogP contribution is 2.29. The van der Waals surface area contributed by atoms with Crippen molar-refractivity contribution in [1.29, 1.82) is 0 Å². The molecule has 0 saturated carbocycles. The fraction of sp³-hybridized carbons (Fsp3) is 0.0667. The third-order valence-corrected chi connectivity index (χ3v) is 4.00. The number of benzene rings is 1. The predicted molar refractivity (Wildman–Crippen MR) is 82.8 cm³/mol. The summed E-state index contributed by atoms with van der Waals surface area (Å²) in [5.74, 6) is -0.0705. The Morgan fingerprint density at radius 3 is 2.59 bits per heavy atom. The zero-order valence-electron chi connectivity index (χ0n) is 11.3. The summed E-state index contributed by atoms with van der Waals surface area (Å²) < 4.78 is 5.66. The molecule has 0 bridgehead atoms. The molecule has 3 rings (SSSR count). The molecule has 6 nitrogen and oxygen atoms in total. The molecular weight excluding hydrogens is 304 g/mol. The van der Waals surface area contributed by atoms with E-state index >= 15 is 0 Å². The number of thioether (sulfide) groups is 1.